The summed E-state index contributed by atoms with van der Waals surface area (Å²) < 4.78 is 26.3. The third-order valence-electron chi connectivity index (χ3n) is 2.10. The third-order valence-corrected chi connectivity index (χ3v) is 4.71. The van der Waals surface area contributed by atoms with Gasteiger partial charge in [0.15, 0.2) is 5.03 Å². The van der Waals surface area contributed by atoms with Gasteiger partial charge in [-0.15, -0.1) is 11.3 Å². The van der Waals surface area contributed by atoms with Crippen molar-refractivity contribution in [2.45, 2.75) is 24.9 Å². The van der Waals surface area contributed by atoms with Gasteiger partial charge < -0.3 is 4.98 Å². The lowest BCUT2D eigenvalue weighted by Gasteiger charge is -2.10. The number of thiazole rings is 1. The number of hydrogen-bond donors (Lipinski definition) is 2. The molecule has 1 unspecified atom stereocenters. The second kappa shape index (κ2) is 4.55. The van der Waals surface area contributed by atoms with Crippen molar-refractivity contribution in [2.75, 3.05) is 0 Å². The van der Waals surface area contributed by atoms with Crippen LogP contribution in [0.2, 0.25) is 0 Å². The van der Waals surface area contributed by atoms with E-state index in [0.29, 0.717) is 0 Å². The molecule has 92 valence electrons. The normalized spacial score (nSPS) is 13.8. The molecular formula is C9H12N4O2S2. The Kier molecular flexibility index (Phi) is 3.27. The van der Waals surface area contributed by atoms with Crippen molar-refractivity contribution >= 4 is 21.4 Å². The molecule has 2 aromatic heterocycles. The third kappa shape index (κ3) is 2.71. The number of aromatic amines is 1. The Balaban J connectivity index is 2.17. The second-order valence-electron chi connectivity index (χ2n) is 3.59. The molecule has 1 atom stereocenters. The predicted molar refractivity (Wildman–Crippen MR) is 64.2 cm³/mol. The molecule has 6 nitrogen and oxygen atoms in total. The van der Waals surface area contributed by atoms with E-state index in [4.69, 9.17) is 0 Å². The van der Waals surface area contributed by atoms with E-state index in [1.54, 1.807) is 6.92 Å². The van der Waals surface area contributed by atoms with Crippen molar-refractivity contribution in [1.82, 2.24) is 19.7 Å². The Morgan fingerprint density at radius 3 is 2.82 bits per heavy atom. The van der Waals surface area contributed by atoms with Crippen LogP contribution in [0.4, 0.5) is 0 Å². The van der Waals surface area contributed by atoms with E-state index in [1.807, 2.05) is 12.3 Å². The van der Waals surface area contributed by atoms with Crippen molar-refractivity contribution in [3.05, 3.63) is 28.6 Å². The fraction of sp³-hybridized carbons (Fsp3) is 0.333. The molecule has 2 heterocycles. The number of H-pyrrole nitrogens is 1. The topological polar surface area (TPSA) is 87.7 Å². The monoisotopic (exact) mass is 272 g/mol. The summed E-state index contributed by atoms with van der Waals surface area (Å²) in [5, 5.41) is 2.68. The molecule has 0 saturated carbocycles. The Labute approximate surface area is 103 Å². The van der Waals surface area contributed by atoms with Gasteiger partial charge in [0.1, 0.15) is 5.01 Å². The number of sulfonamides is 1. The maximum Gasteiger partial charge on any atom is 0.258 e. The highest BCUT2D eigenvalue weighted by atomic mass is 32.2. The fourth-order valence-electron chi connectivity index (χ4n) is 1.31. The smallest absolute Gasteiger partial charge is 0.258 e. The summed E-state index contributed by atoms with van der Waals surface area (Å²) >= 11 is 1.43. The molecule has 0 fully saturated rings. The summed E-state index contributed by atoms with van der Waals surface area (Å²) in [6, 6.07) is -0.359. The number of aryl methyl sites for hydroxylation is 1. The molecule has 2 aromatic rings. The van der Waals surface area contributed by atoms with Crippen molar-refractivity contribution < 1.29 is 8.42 Å². The summed E-state index contributed by atoms with van der Waals surface area (Å²) in [4.78, 5) is 10.5. The molecule has 0 amide bonds. The first kappa shape index (κ1) is 12.2. The minimum absolute atomic E-state index is 0.0534. The molecule has 0 aliphatic carbocycles. The Hall–Kier alpha value is -1.25. The fourth-order valence-corrected chi connectivity index (χ4v) is 3.30. The first-order valence-corrected chi connectivity index (χ1v) is 7.28. The van der Waals surface area contributed by atoms with Crippen LogP contribution in [0.25, 0.3) is 0 Å². The van der Waals surface area contributed by atoms with Crippen LogP contribution < -0.4 is 4.72 Å². The van der Waals surface area contributed by atoms with E-state index in [-0.39, 0.29) is 11.1 Å². The number of rotatable bonds is 4. The minimum atomic E-state index is -3.56. The van der Waals surface area contributed by atoms with Crippen molar-refractivity contribution in [1.29, 1.82) is 0 Å². The quantitative estimate of drug-likeness (QED) is 0.875. The molecule has 0 aliphatic rings. The Bertz CT molecular complexity index is 588. The molecule has 0 radical (unpaired) electrons. The van der Waals surface area contributed by atoms with E-state index in [1.165, 1.54) is 23.9 Å². The van der Waals surface area contributed by atoms with Gasteiger partial charge in [-0.05, 0) is 13.8 Å². The van der Waals surface area contributed by atoms with E-state index in [9.17, 15) is 8.42 Å². The molecule has 0 saturated heterocycles. The summed E-state index contributed by atoms with van der Waals surface area (Å²) in [6.45, 7) is 3.63. The summed E-state index contributed by atoms with van der Waals surface area (Å²) in [7, 11) is -3.56. The average molecular weight is 272 g/mol. The molecule has 0 aromatic carbocycles. The molecule has 2 rings (SSSR count). The van der Waals surface area contributed by atoms with Gasteiger partial charge in [0.2, 0.25) is 0 Å². The zero-order chi connectivity index (χ0) is 12.5. The van der Waals surface area contributed by atoms with Gasteiger partial charge in [-0.1, -0.05) is 0 Å². The Morgan fingerprint density at radius 1 is 1.53 bits per heavy atom. The zero-order valence-electron chi connectivity index (χ0n) is 9.34. The highest BCUT2D eigenvalue weighted by Gasteiger charge is 2.20. The van der Waals surface area contributed by atoms with E-state index < -0.39 is 10.0 Å². The van der Waals surface area contributed by atoms with Crippen LogP contribution in [-0.4, -0.2) is 23.4 Å². The lowest BCUT2D eigenvalue weighted by molar-refractivity contribution is 0.563. The minimum Gasteiger partial charge on any atom is -0.335 e. The number of imidazole rings is 1. The first-order chi connectivity index (χ1) is 7.99. The molecule has 0 aliphatic heterocycles. The molecule has 17 heavy (non-hydrogen) atoms. The van der Waals surface area contributed by atoms with Gasteiger partial charge in [0.05, 0.1) is 18.6 Å². The number of nitrogens with zero attached hydrogens (tertiary/aromatic N) is 2. The van der Waals surface area contributed by atoms with Crippen LogP contribution in [0.1, 0.15) is 23.7 Å². The first-order valence-electron chi connectivity index (χ1n) is 4.92. The van der Waals surface area contributed by atoms with Crippen LogP contribution in [-0.2, 0) is 10.0 Å². The van der Waals surface area contributed by atoms with Crippen LogP contribution in [0.3, 0.4) is 0 Å². The molecule has 0 spiro atoms. The molecule has 8 heteroatoms. The van der Waals surface area contributed by atoms with Gasteiger partial charge in [-0.3, -0.25) is 0 Å². The van der Waals surface area contributed by atoms with Gasteiger partial charge in [-0.2, -0.15) is 0 Å². The molecule has 2 N–H and O–H groups in total. The van der Waals surface area contributed by atoms with Gasteiger partial charge in [-0.25, -0.2) is 23.1 Å². The lowest BCUT2D eigenvalue weighted by atomic mass is 10.4. The molecule has 0 bridgehead atoms. The van der Waals surface area contributed by atoms with Gasteiger partial charge >= 0.3 is 0 Å². The number of nitrogens with one attached hydrogen (secondary N) is 2. The van der Waals surface area contributed by atoms with Crippen LogP contribution in [0.15, 0.2) is 22.9 Å². The largest absolute Gasteiger partial charge is 0.335 e. The maximum absolute atomic E-state index is 11.9. The van der Waals surface area contributed by atoms with Crippen LogP contribution >= 0.6 is 11.3 Å². The standard InChI is InChI=1S/C9H12N4O2S2/c1-6-4-16-9(12-6)7(2)13-17(14,15)8-3-10-5-11-8/h3-5,7,13H,1-2H3,(H,10,11). The summed E-state index contributed by atoms with van der Waals surface area (Å²) in [6.07, 6.45) is 2.59. The average Bonchev–Trinajstić information content (AvgIpc) is 2.86. The van der Waals surface area contributed by atoms with Gasteiger partial charge in [0, 0.05) is 11.1 Å². The number of hydrogen-bond acceptors (Lipinski definition) is 5. The van der Waals surface area contributed by atoms with Crippen molar-refractivity contribution in [2.24, 2.45) is 0 Å². The zero-order valence-corrected chi connectivity index (χ0v) is 11.0. The highest BCUT2D eigenvalue weighted by Crippen LogP contribution is 2.19. The maximum atomic E-state index is 11.9. The van der Waals surface area contributed by atoms with Crippen molar-refractivity contribution in [3.63, 3.8) is 0 Å². The van der Waals surface area contributed by atoms with Crippen molar-refractivity contribution in [3.8, 4) is 0 Å². The van der Waals surface area contributed by atoms with E-state index in [0.717, 1.165) is 10.7 Å². The Morgan fingerprint density at radius 2 is 2.29 bits per heavy atom. The molecular weight excluding hydrogens is 260 g/mol. The van der Waals surface area contributed by atoms with E-state index in [2.05, 4.69) is 19.7 Å². The second-order valence-corrected chi connectivity index (χ2v) is 6.16. The predicted octanol–water partition coefficient (Wildman–Crippen LogP) is 1.21. The lowest BCUT2D eigenvalue weighted by Crippen LogP contribution is -2.27. The van der Waals surface area contributed by atoms with Crippen LogP contribution in [0, 0.1) is 6.92 Å². The van der Waals surface area contributed by atoms with Crippen LogP contribution in [0.5, 0.6) is 0 Å². The van der Waals surface area contributed by atoms with E-state index >= 15 is 0 Å². The SMILES string of the molecule is Cc1csc(C(C)NS(=O)(=O)c2cnc[nH]2)n1. The summed E-state index contributed by atoms with van der Waals surface area (Å²) in [5.41, 5.74) is 0.887. The highest BCUT2D eigenvalue weighted by molar-refractivity contribution is 7.89. The summed E-state index contributed by atoms with van der Waals surface area (Å²) in [5.74, 6) is 0. The number of aromatic nitrogens is 3. The van der Waals surface area contributed by atoms with Gasteiger partial charge in [0.25, 0.3) is 10.0 Å².